The van der Waals surface area contributed by atoms with Crippen molar-refractivity contribution in [3.63, 3.8) is 0 Å². The van der Waals surface area contributed by atoms with Gasteiger partial charge in [0.2, 0.25) is 5.72 Å². The molecule has 0 saturated carbocycles. The second-order valence-corrected chi connectivity index (χ2v) is 2.10. The third-order valence-electron chi connectivity index (χ3n) is 1.39. The molecule has 0 bridgehead atoms. The summed E-state index contributed by atoms with van der Waals surface area (Å²) in [7, 11) is 0. The summed E-state index contributed by atoms with van der Waals surface area (Å²) in [5.41, 5.74) is 6.39. The molecule has 0 fully saturated rings. The van der Waals surface area contributed by atoms with Crippen LogP contribution >= 0.6 is 0 Å². The van der Waals surface area contributed by atoms with Crippen LogP contribution in [-0.2, 0) is 4.74 Å². The lowest BCUT2D eigenvalue weighted by atomic mass is 10.1. The highest BCUT2D eigenvalue weighted by Crippen LogP contribution is 2.12. The van der Waals surface area contributed by atoms with E-state index in [1.54, 1.807) is 18.2 Å². The van der Waals surface area contributed by atoms with Crippen LogP contribution in [0.3, 0.4) is 0 Å². The number of hydrazine groups is 1. The number of nitrogens with two attached hydrogens (primary N) is 2. The quantitative estimate of drug-likeness (QED) is 0.181. The lowest BCUT2D eigenvalue weighted by molar-refractivity contribution is 0.0940. The van der Waals surface area contributed by atoms with Gasteiger partial charge in [0.25, 0.3) is 0 Å². The van der Waals surface area contributed by atoms with E-state index in [0.717, 1.165) is 0 Å². The summed E-state index contributed by atoms with van der Waals surface area (Å²) in [5.74, 6) is 4.98. The van der Waals surface area contributed by atoms with Gasteiger partial charge in [0.1, 0.15) is 0 Å². The molecule has 0 spiro atoms. The number of nitrogens with one attached hydrogen (secondary N) is 2. The van der Waals surface area contributed by atoms with Gasteiger partial charge in [0, 0.05) is 0 Å². The molecule has 0 aromatic carbocycles. The largest absolute Gasteiger partial charge is 0.468 e. The van der Waals surface area contributed by atoms with Crippen molar-refractivity contribution >= 4 is 5.84 Å². The van der Waals surface area contributed by atoms with Gasteiger partial charge in [-0.3, -0.25) is 11.3 Å². The molecule has 5 heteroatoms. The van der Waals surface area contributed by atoms with E-state index >= 15 is 0 Å². The molecule has 5 nitrogen and oxygen atoms in total. The number of hydrogen-bond donors (Lipinski definition) is 4. The summed E-state index contributed by atoms with van der Waals surface area (Å²) in [5, 5.41) is 7.16. The normalized spacial score (nSPS) is 28.1. The number of amidine groups is 1. The van der Waals surface area contributed by atoms with Gasteiger partial charge in [0.15, 0.2) is 5.84 Å². The molecule has 0 saturated heterocycles. The highest BCUT2D eigenvalue weighted by atomic mass is 16.5. The van der Waals surface area contributed by atoms with E-state index < -0.39 is 5.72 Å². The summed E-state index contributed by atoms with van der Waals surface area (Å²) in [6.07, 6.45) is 6.36. The Morgan fingerprint density at radius 1 is 1.55 bits per heavy atom. The first-order valence-electron chi connectivity index (χ1n) is 3.06. The average molecular weight is 154 g/mol. The zero-order valence-corrected chi connectivity index (χ0v) is 5.87. The Bertz CT molecular complexity index is 223. The van der Waals surface area contributed by atoms with E-state index in [9.17, 15) is 0 Å². The van der Waals surface area contributed by atoms with Crippen molar-refractivity contribution < 1.29 is 4.74 Å². The fourth-order valence-electron chi connectivity index (χ4n) is 0.735. The van der Waals surface area contributed by atoms with Crippen molar-refractivity contribution in [2.24, 2.45) is 11.6 Å². The standard InChI is InChI=1S/C6H10N4O/c7-5(8)6(10-9)3-1-2-4-11-6/h1-4,10H,9H2,(H3,7,8). The van der Waals surface area contributed by atoms with Crippen LogP contribution in [0.25, 0.3) is 0 Å². The monoisotopic (exact) mass is 154 g/mol. The molecule has 0 aliphatic carbocycles. The first kappa shape index (κ1) is 7.77. The van der Waals surface area contributed by atoms with Gasteiger partial charge >= 0.3 is 0 Å². The minimum atomic E-state index is -1.16. The molecule has 60 valence electrons. The van der Waals surface area contributed by atoms with Crippen LogP contribution in [-0.4, -0.2) is 11.6 Å². The highest BCUT2D eigenvalue weighted by Gasteiger charge is 2.31. The Labute approximate surface area is 64.2 Å². The number of allylic oxidation sites excluding steroid dienone is 2. The zero-order valence-electron chi connectivity index (χ0n) is 5.87. The first-order chi connectivity index (χ1) is 5.21. The average Bonchev–Trinajstić information content (AvgIpc) is 2.05. The zero-order chi connectivity index (χ0) is 8.32. The van der Waals surface area contributed by atoms with Gasteiger partial charge < -0.3 is 10.5 Å². The Kier molecular flexibility index (Phi) is 1.93. The van der Waals surface area contributed by atoms with E-state index in [1.165, 1.54) is 6.26 Å². The molecule has 0 radical (unpaired) electrons. The molecule has 1 heterocycles. The SMILES string of the molecule is N=C(N)C1(NN)C=CC=CO1. The van der Waals surface area contributed by atoms with E-state index in [0.29, 0.717) is 0 Å². The van der Waals surface area contributed by atoms with Crippen molar-refractivity contribution in [2.45, 2.75) is 5.72 Å². The maximum Gasteiger partial charge on any atom is 0.249 e. The van der Waals surface area contributed by atoms with E-state index in [2.05, 4.69) is 5.43 Å². The molecule has 1 rings (SSSR count). The summed E-state index contributed by atoms with van der Waals surface area (Å²) in [6.45, 7) is 0. The third kappa shape index (κ3) is 1.24. The van der Waals surface area contributed by atoms with Crippen molar-refractivity contribution in [1.29, 1.82) is 5.41 Å². The summed E-state index contributed by atoms with van der Waals surface area (Å²) in [4.78, 5) is 0. The van der Waals surface area contributed by atoms with Crippen LogP contribution in [0.15, 0.2) is 24.5 Å². The molecule has 0 amide bonds. The van der Waals surface area contributed by atoms with Gasteiger partial charge in [-0.25, -0.2) is 5.43 Å². The lowest BCUT2D eigenvalue weighted by Gasteiger charge is -2.28. The number of hydrogen-bond acceptors (Lipinski definition) is 4. The maximum absolute atomic E-state index is 7.16. The van der Waals surface area contributed by atoms with E-state index in [1.807, 2.05) is 0 Å². The molecule has 11 heavy (non-hydrogen) atoms. The van der Waals surface area contributed by atoms with Crippen LogP contribution in [0.2, 0.25) is 0 Å². The minimum absolute atomic E-state index is 0.180. The van der Waals surface area contributed by atoms with Crippen LogP contribution < -0.4 is 17.0 Å². The first-order valence-corrected chi connectivity index (χ1v) is 3.06. The van der Waals surface area contributed by atoms with Crippen LogP contribution in [0.4, 0.5) is 0 Å². The van der Waals surface area contributed by atoms with Gasteiger partial charge in [0.05, 0.1) is 6.26 Å². The lowest BCUT2D eigenvalue weighted by Crippen LogP contribution is -2.58. The number of rotatable bonds is 2. The Hall–Kier alpha value is -1.33. The van der Waals surface area contributed by atoms with Gasteiger partial charge in [-0.2, -0.15) is 0 Å². The summed E-state index contributed by atoms with van der Waals surface area (Å²) in [6, 6.07) is 0. The predicted molar refractivity (Wildman–Crippen MR) is 41.3 cm³/mol. The molecule has 0 aromatic rings. The molecule has 1 aliphatic rings. The van der Waals surface area contributed by atoms with Crippen LogP contribution in [0, 0.1) is 5.41 Å². The maximum atomic E-state index is 7.16. The summed E-state index contributed by atoms with van der Waals surface area (Å²) >= 11 is 0. The Morgan fingerprint density at radius 2 is 2.27 bits per heavy atom. The second-order valence-electron chi connectivity index (χ2n) is 2.10. The Morgan fingerprint density at radius 3 is 2.55 bits per heavy atom. The van der Waals surface area contributed by atoms with Crippen LogP contribution in [0.1, 0.15) is 0 Å². The fraction of sp³-hybridized carbons (Fsp3) is 0.167. The smallest absolute Gasteiger partial charge is 0.249 e. The third-order valence-corrected chi connectivity index (χ3v) is 1.39. The minimum Gasteiger partial charge on any atom is -0.468 e. The molecule has 1 aliphatic heterocycles. The van der Waals surface area contributed by atoms with Gasteiger partial charge in [-0.15, -0.1) is 0 Å². The molecule has 1 atom stereocenters. The molecular formula is C6H10N4O. The van der Waals surface area contributed by atoms with E-state index in [-0.39, 0.29) is 5.84 Å². The van der Waals surface area contributed by atoms with Gasteiger partial charge in [-0.05, 0) is 12.2 Å². The van der Waals surface area contributed by atoms with Crippen LogP contribution in [0.5, 0.6) is 0 Å². The number of ether oxygens (including phenoxy) is 1. The Balaban J connectivity index is 2.85. The van der Waals surface area contributed by atoms with Crippen molar-refractivity contribution in [3.05, 3.63) is 24.5 Å². The fourth-order valence-corrected chi connectivity index (χ4v) is 0.735. The van der Waals surface area contributed by atoms with Crippen molar-refractivity contribution in [3.8, 4) is 0 Å². The molecule has 6 N–H and O–H groups in total. The van der Waals surface area contributed by atoms with Gasteiger partial charge in [-0.1, -0.05) is 6.08 Å². The predicted octanol–water partition coefficient (Wildman–Crippen LogP) is -0.818. The highest BCUT2D eigenvalue weighted by molar-refractivity contribution is 5.88. The van der Waals surface area contributed by atoms with Crippen molar-refractivity contribution in [2.75, 3.05) is 0 Å². The topological polar surface area (TPSA) is 97.2 Å². The van der Waals surface area contributed by atoms with E-state index in [4.69, 9.17) is 21.7 Å². The van der Waals surface area contributed by atoms with Crippen molar-refractivity contribution in [1.82, 2.24) is 5.43 Å². The second kappa shape index (κ2) is 2.73. The molecule has 0 aromatic heterocycles. The molecule has 1 unspecified atom stereocenters. The summed E-state index contributed by atoms with van der Waals surface area (Å²) < 4.78 is 5.02. The molecular weight excluding hydrogens is 144 g/mol.